The van der Waals surface area contributed by atoms with Gasteiger partial charge in [0.15, 0.2) is 0 Å². The van der Waals surface area contributed by atoms with E-state index in [1.54, 1.807) is 0 Å². The molecule has 4 heteroatoms. The number of rotatable bonds is 2. The van der Waals surface area contributed by atoms with Gasteiger partial charge in [0.2, 0.25) is 11.8 Å². The van der Waals surface area contributed by atoms with Gasteiger partial charge in [0.1, 0.15) is 5.54 Å². The number of carbonyl (C=O) groups is 2. The summed E-state index contributed by atoms with van der Waals surface area (Å²) in [6.45, 7) is 4.30. The molecule has 0 aromatic heterocycles. The fourth-order valence-corrected chi connectivity index (χ4v) is 4.51. The zero-order valence-corrected chi connectivity index (χ0v) is 13.0. The maximum Gasteiger partial charge on any atom is 0.234 e. The Morgan fingerprint density at radius 2 is 1.71 bits per heavy atom. The Morgan fingerprint density at radius 1 is 1.19 bits per heavy atom. The van der Waals surface area contributed by atoms with Crippen LogP contribution in [-0.2, 0) is 9.59 Å². The molecule has 114 valence electrons. The molecule has 0 radical (unpaired) electrons. The van der Waals surface area contributed by atoms with E-state index >= 15 is 0 Å². The van der Waals surface area contributed by atoms with Gasteiger partial charge in [-0.05, 0) is 50.4 Å². The van der Waals surface area contributed by atoms with Gasteiger partial charge in [-0.1, -0.05) is 20.3 Å². The first-order chi connectivity index (χ1) is 10.0. The van der Waals surface area contributed by atoms with Crippen LogP contribution in [0, 0.1) is 35.0 Å². The smallest absolute Gasteiger partial charge is 0.234 e. The van der Waals surface area contributed by atoms with Crippen molar-refractivity contribution in [3.8, 4) is 6.07 Å². The molecule has 0 bridgehead atoms. The molecule has 1 saturated heterocycles. The van der Waals surface area contributed by atoms with Gasteiger partial charge in [0, 0.05) is 0 Å². The third-order valence-electron chi connectivity index (χ3n) is 6.05. The Kier molecular flexibility index (Phi) is 3.55. The van der Waals surface area contributed by atoms with Crippen LogP contribution in [0.2, 0.25) is 0 Å². The highest BCUT2D eigenvalue weighted by atomic mass is 16.2. The van der Waals surface area contributed by atoms with Gasteiger partial charge in [-0.3, -0.25) is 14.5 Å². The summed E-state index contributed by atoms with van der Waals surface area (Å²) in [5.74, 6) is 0.677. The Bertz CT molecular complexity index is 475. The predicted octanol–water partition coefficient (Wildman–Crippen LogP) is 2.88. The van der Waals surface area contributed by atoms with Gasteiger partial charge in [0.05, 0.1) is 17.9 Å². The standard InChI is InChI=1S/C17H24N2O2/c1-3-12-8-13-14(9-12)16(21)19(15(13)20)17(10-18)6-4-11(2)5-7-17/h11-14H,3-9H2,1-2H3. The summed E-state index contributed by atoms with van der Waals surface area (Å²) in [6.07, 6.45) is 5.86. The highest BCUT2D eigenvalue weighted by molar-refractivity contribution is 6.06. The minimum atomic E-state index is -0.854. The van der Waals surface area contributed by atoms with Crippen molar-refractivity contribution < 1.29 is 9.59 Å². The number of fused-ring (bicyclic) bond motifs is 1. The molecule has 3 aliphatic rings. The minimum absolute atomic E-state index is 0.0583. The summed E-state index contributed by atoms with van der Waals surface area (Å²) in [7, 11) is 0. The maximum atomic E-state index is 12.8. The Hall–Kier alpha value is -1.37. The third kappa shape index (κ3) is 2.09. The zero-order chi connectivity index (χ0) is 15.2. The lowest BCUT2D eigenvalue weighted by molar-refractivity contribution is -0.147. The number of nitrogens with zero attached hydrogens (tertiary/aromatic N) is 2. The molecule has 0 N–H and O–H groups in total. The van der Waals surface area contributed by atoms with Crippen LogP contribution in [0.3, 0.4) is 0 Å². The highest BCUT2D eigenvalue weighted by Crippen LogP contribution is 2.48. The first-order valence-electron chi connectivity index (χ1n) is 8.31. The summed E-state index contributed by atoms with van der Waals surface area (Å²) in [5, 5.41) is 9.69. The summed E-state index contributed by atoms with van der Waals surface area (Å²) in [5.41, 5.74) is -0.854. The lowest BCUT2D eigenvalue weighted by Crippen LogP contribution is -2.53. The van der Waals surface area contributed by atoms with Crippen molar-refractivity contribution in [1.29, 1.82) is 5.26 Å². The Morgan fingerprint density at radius 3 is 2.14 bits per heavy atom. The molecule has 2 atom stereocenters. The van der Waals surface area contributed by atoms with E-state index in [0.29, 0.717) is 24.7 Å². The number of hydrogen-bond acceptors (Lipinski definition) is 3. The summed E-state index contributed by atoms with van der Waals surface area (Å²) in [4.78, 5) is 26.9. The normalized spacial score (nSPS) is 43.0. The van der Waals surface area contributed by atoms with Crippen molar-refractivity contribution in [3.05, 3.63) is 0 Å². The van der Waals surface area contributed by atoms with Gasteiger partial charge < -0.3 is 0 Å². The van der Waals surface area contributed by atoms with E-state index in [4.69, 9.17) is 0 Å². The molecule has 1 heterocycles. The lowest BCUT2D eigenvalue weighted by Gasteiger charge is -2.40. The van der Waals surface area contributed by atoms with Crippen LogP contribution in [0.25, 0.3) is 0 Å². The summed E-state index contributed by atoms with van der Waals surface area (Å²) >= 11 is 0. The minimum Gasteiger partial charge on any atom is -0.274 e. The summed E-state index contributed by atoms with van der Waals surface area (Å²) < 4.78 is 0. The predicted molar refractivity (Wildman–Crippen MR) is 77.8 cm³/mol. The zero-order valence-electron chi connectivity index (χ0n) is 13.0. The molecule has 0 aromatic carbocycles. The van der Waals surface area contributed by atoms with Gasteiger partial charge in [-0.25, -0.2) is 0 Å². The van der Waals surface area contributed by atoms with Crippen LogP contribution >= 0.6 is 0 Å². The number of likely N-dealkylation sites (tertiary alicyclic amines) is 1. The van der Waals surface area contributed by atoms with Crippen LogP contribution in [0.1, 0.15) is 58.8 Å². The molecule has 0 aromatic rings. The molecule has 2 unspecified atom stereocenters. The van der Waals surface area contributed by atoms with Crippen LogP contribution in [-0.4, -0.2) is 22.3 Å². The van der Waals surface area contributed by atoms with E-state index < -0.39 is 5.54 Å². The maximum absolute atomic E-state index is 12.8. The van der Waals surface area contributed by atoms with Gasteiger partial charge in [-0.15, -0.1) is 0 Å². The molecule has 2 aliphatic carbocycles. The average molecular weight is 288 g/mol. The van der Waals surface area contributed by atoms with Crippen molar-refractivity contribution >= 4 is 11.8 Å². The van der Waals surface area contributed by atoms with Crippen molar-refractivity contribution in [2.24, 2.45) is 23.7 Å². The fraction of sp³-hybridized carbons (Fsp3) is 0.824. The summed E-state index contributed by atoms with van der Waals surface area (Å²) in [6, 6.07) is 2.34. The van der Waals surface area contributed by atoms with Crippen LogP contribution in [0.4, 0.5) is 0 Å². The number of amides is 2. The SMILES string of the molecule is CCC1CC2C(=O)N(C3(C#N)CCC(C)CC3)C(=O)C2C1. The second-order valence-corrected chi connectivity index (χ2v) is 7.30. The number of hydrogen-bond donors (Lipinski definition) is 0. The number of carbonyl (C=O) groups excluding carboxylic acids is 2. The van der Waals surface area contributed by atoms with Crippen molar-refractivity contribution in [1.82, 2.24) is 4.90 Å². The van der Waals surface area contributed by atoms with E-state index in [2.05, 4.69) is 19.9 Å². The second-order valence-electron chi connectivity index (χ2n) is 7.30. The molecule has 3 fully saturated rings. The van der Waals surface area contributed by atoms with Crippen LogP contribution in [0.15, 0.2) is 0 Å². The first kappa shape index (κ1) is 14.6. The molecular weight excluding hydrogens is 264 g/mol. The largest absolute Gasteiger partial charge is 0.274 e. The molecule has 2 amide bonds. The molecule has 3 rings (SSSR count). The van der Waals surface area contributed by atoms with Gasteiger partial charge >= 0.3 is 0 Å². The van der Waals surface area contributed by atoms with Crippen molar-refractivity contribution in [3.63, 3.8) is 0 Å². The number of nitriles is 1. The lowest BCUT2D eigenvalue weighted by atomic mass is 9.77. The van der Waals surface area contributed by atoms with E-state index in [9.17, 15) is 14.9 Å². The molecular formula is C17H24N2O2. The van der Waals surface area contributed by atoms with Crippen molar-refractivity contribution in [2.75, 3.05) is 0 Å². The highest BCUT2D eigenvalue weighted by Gasteiger charge is 2.58. The monoisotopic (exact) mass is 288 g/mol. The second kappa shape index (κ2) is 5.12. The first-order valence-corrected chi connectivity index (χ1v) is 8.31. The molecule has 0 spiro atoms. The van der Waals surface area contributed by atoms with E-state index in [0.717, 1.165) is 32.1 Å². The van der Waals surface area contributed by atoms with Crippen LogP contribution in [0.5, 0.6) is 0 Å². The Balaban J connectivity index is 1.86. The molecule has 2 saturated carbocycles. The van der Waals surface area contributed by atoms with Crippen LogP contribution < -0.4 is 0 Å². The average Bonchev–Trinajstić information content (AvgIpc) is 3.02. The van der Waals surface area contributed by atoms with E-state index in [1.807, 2.05) is 0 Å². The fourth-order valence-electron chi connectivity index (χ4n) is 4.51. The Labute approximate surface area is 126 Å². The van der Waals surface area contributed by atoms with E-state index in [-0.39, 0.29) is 23.7 Å². The third-order valence-corrected chi connectivity index (χ3v) is 6.05. The van der Waals surface area contributed by atoms with Gasteiger partial charge in [-0.2, -0.15) is 5.26 Å². The number of imide groups is 1. The van der Waals surface area contributed by atoms with E-state index in [1.165, 1.54) is 4.90 Å². The molecule has 4 nitrogen and oxygen atoms in total. The molecule has 1 aliphatic heterocycles. The van der Waals surface area contributed by atoms with Gasteiger partial charge in [0.25, 0.3) is 0 Å². The topological polar surface area (TPSA) is 61.2 Å². The molecule has 21 heavy (non-hydrogen) atoms. The van der Waals surface area contributed by atoms with Crippen molar-refractivity contribution in [2.45, 2.75) is 64.3 Å². The quantitative estimate of drug-likeness (QED) is 0.734.